The summed E-state index contributed by atoms with van der Waals surface area (Å²) < 4.78 is 13.2. The highest BCUT2D eigenvalue weighted by Gasteiger charge is 2.08. The first-order valence-corrected chi connectivity index (χ1v) is 7.15. The van der Waals surface area contributed by atoms with Crippen molar-refractivity contribution < 1.29 is 4.39 Å². The second-order valence-corrected chi connectivity index (χ2v) is 5.34. The number of hydrogen-bond donors (Lipinski definition) is 1. The molecule has 0 saturated carbocycles. The van der Waals surface area contributed by atoms with Crippen molar-refractivity contribution in [2.75, 3.05) is 0 Å². The summed E-state index contributed by atoms with van der Waals surface area (Å²) in [6, 6.07) is 14.3. The van der Waals surface area contributed by atoms with Crippen LogP contribution in [0.4, 0.5) is 4.39 Å². The van der Waals surface area contributed by atoms with Crippen molar-refractivity contribution in [1.29, 1.82) is 0 Å². The molecule has 1 atom stereocenters. The predicted molar refractivity (Wildman–Crippen MR) is 82.2 cm³/mol. The van der Waals surface area contributed by atoms with Crippen LogP contribution >= 0.6 is 0 Å². The molecule has 2 aromatic rings. The highest BCUT2D eigenvalue weighted by atomic mass is 19.1. The molecule has 0 aromatic heterocycles. The predicted octanol–water partition coefficient (Wildman–Crippen LogP) is 4.68. The van der Waals surface area contributed by atoms with Gasteiger partial charge in [0.15, 0.2) is 0 Å². The van der Waals surface area contributed by atoms with Gasteiger partial charge in [-0.2, -0.15) is 0 Å². The number of rotatable bonds is 5. The van der Waals surface area contributed by atoms with E-state index < -0.39 is 0 Å². The van der Waals surface area contributed by atoms with Gasteiger partial charge < -0.3 is 5.32 Å². The molecule has 0 saturated heterocycles. The highest BCUT2D eigenvalue weighted by molar-refractivity contribution is 5.26. The first kappa shape index (κ1) is 14.7. The number of benzene rings is 2. The van der Waals surface area contributed by atoms with Crippen LogP contribution in [-0.2, 0) is 6.54 Å². The standard InChI is InChI=1S/C18H22FN/c1-4-18(16-8-5-13(2)6-9-16)20-12-15-7-10-17(19)14(3)11-15/h5-11,18,20H,4,12H2,1-3H3. The molecule has 0 aliphatic carbocycles. The lowest BCUT2D eigenvalue weighted by Gasteiger charge is -2.18. The Morgan fingerprint density at radius 1 is 1.05 bits per heavy atom. The second-order valence-electron chi connectivity index (χ2n) is 5.34. The van der Waals surface area contributed by atoms with E-state index in [2.05, 4.69) is 43.4 Å². The van der Waals surface area contributed by atoms with Gasteiger partial charge in [-0.3, -0.25) is 0 Å². The van der Waals surface area contributed by atoms with Crippen molar-refractivity contribution in [2.45, 2.75) is 39.8 Å². The molecule has 106 valence electrons. The Bertz CT molecular complexity index is 560. The van der Waals surface area contributed by atoms with E-state index in [1.54, 1.807) is 13.0 Å². The van der Waals surface area contributed by atoms with Crippen LogP contribution in [0.1, 0.15) is 41.6 Å². The number of halogens is 1. The molecular weight excluding hydrogens is 249 g/mol. The van der Waals surface area contributed by atoms with Crippen LogP contribution in [-0.4, -0.2) is 0 Å². The SMILES string of the molecule is CCC(NCc1ccc(F)c(C)c1)c1ccc(C)cc1. The molecule has 0 amide bonds. The molecule has 1 unspecified atom stereocenters. The van der Waals surface area contributed by atoms with Crippen LogP contribution in [0.5, 0.6) is 0 Å². The zero-order valence-electron chi connectivity index (χ0n) is 12.4. The average Bonchev–Trinajstić information content (AvgIpc) is 2.45. The molecule has 2 rings (SSSR count). The summed E-state index contributed by atoms with van der Waals surface area (Å²) >= 11 is 0. The normalized spacial score (nSPS) is 12.4. The van der Waals surface area contributed by atoms with E-state index in [-0.39, 0.29) is 5.82 Å². The van der Waals surface area contributed by atoms with Crippen molar-refractivity contribution >= 4 is 0 Å². The minimum absolute atomic E-state index is 0.140. The molecule has 2 aromatic carbocycles. The molecule has 0 heterocycles. The number of nitrogens with one attached hydrogen (secondary N) is 1. The largest absolute Gasteiger partial charge is 0.306 e. The minimum Gasteiger partial charge on any atom is -0.306 e. The molecule has 1 nitrogen and oxygen atoms in total. The third-order valence-electron chi connectivity index (χ3n) is 3.66. The third-order valence-corrected chi connectivity index (χ3v) is 3.66. The summed E-state index contributed by atoms with van der Waals surface area (Å²) in [6.45, 7) is 6.83. The van der Waals surface area contributed by atoms with Gasteiger partial charge in [0.2, 0.25) is 0 Å². The van der Waals surface area contributed by atoms with E-state index in [0.717, 1.165) is 18.5 Å². The second kappa shape index (κ2) is 6.67. The van der Waals surface area contributed by atoms with Crippen LogP contribution < -0.4 is 5.32 Å². The quantitative estimate of drug-likeness (QED) is 0.832. The van der Waals surface area contributed by atoms with E-state index in [4.69, 9.17) is 0 Å². The lowest BCUT2D eigenvalue weighted by molar-refractivity contribution is 0.518. The number of hydrogen-bond acceptors (Lipinski definition) is 1. The zero-order valence-corrected chi connectivity index (χ0v) is 12.4. The number of aryl methyl sites for hydroxylation is 2. The Kier molecular flexibility index (Phi) is 4.91. The van der Waals surface area contributed by atoms with Gasteiger partial charge >= 0.3 is 0 Å². The van der Waals surface area contributed by atoms with Crippen molar-refractivity contribution in [3.8, 4) is 0 Å². The Morgan fingerprint density at radius 3 is 2.35 bits per heavy atom. The monoisotopic (exact) mass is 271 g/mol. The molecule has 0 spiro atoms. The van der Waals surface area contributed by atoms with Gasteiger partial charge in [0, 0.05) is 12.6 Å². The van der Waals surface area contributed by atoms with Crippen LogP contribution in [0.15, 0.2) is 42.5 Å². The summed E-state index contributed by atoms with van der Waals surface area (Å²) in [7, 11) is 0. The van der Waals surface area contributed by atoms with E-state index in [1.165, 1.54) is 11.1 Å². The van der Waals surface area contributed by atoms with Gasteiger partial charge in [-0.05, 0) is 43.0 Å². The topological polar surface area (TPSA) is 12.0 Å². The van der Waals surface area contributed by atoms with Crippen molar-refractivity contribution in [1.82, 2.24) is 5.32 Å². The summed E-state index contributed by atoms with van der Waals surface area (Å²) in [5, 5.41) is 3.55. The minimum atomic E-state index is -0.140. The summed E-state index contributed by atoms with van der Waals surface area (Å²) in [4.78, 5) is 0. The Morgan fingerprint density at radius 2 is 1.75 bits per heavy atom. The van der Waals surface area contributed by atoms with Gasteiger partial charge in [0.1, 0.15) is 5.82 Å². The van der Waals surface area contributed by atoms with Crippen LogP contribution in [0, 0.1) is 19.7 Å². The average molecular weight is 271 g/mol. The summed E-state index contributed by atoms with van der Waals surface area (Å²) in [5.74, 6) is -0.140. The summed E-state index contributed by atoms with van der Waals surface area (Å²) in [6.07, 6.45) is 1.03. The van der Waals surface area contributed by atoms with Gasteiger partial charge in [-0.25, -0.2) is 4.39 Å². The fourth-order valence-corrected chi connectivity index (χ4v) is 2.35. The van der Waals surface area contributed by atoms with E-state index >= 15 is 0 Å². The fourth-order valence-electron chi connectivity index (χ4n) is 2.35. The van der Waals surface area contributed by atoms with Crippen molar-refractivity contribution in [3.05, 3.63) is 70.5 Å². The van der Waals surface area contributed by atoms with Crippen LogP contribution in [0.2, 0.25) is 0 Å². The first-order chi connectivity index (χ1) is 9.60. The smallest absolute Gasteiger partial charge is 0.126 e. The van der Waals surface area contributed by atoms with Crippen LogP contribution in [0.25, 0.3) is 0 Å². The maximum absolute atomic E-state index is 13.2. The van der Waals surface area contributed by atoms with Crippen LogP contribution in [0.3, 0.4) is 0 Å². The van der Waals surface area contributed by atoms with Gasteiger partial charge in [0.05, 0.1) is 0 Å². The zero-order chi connectivity index (χ0) is 14.5. The maximum Gasteiger partial charge on any atom is 0.126 e. The maximum atomic E-state index is 13.2. The molecule has 0 radical (unpaired) electrons. The molecule has 20 heavy (non-hydrogen) atoms. The molecule has 0 aliphatic rings. The van der Waals surface area contributed by atoms with E-state index in [9.17, 15) is 4.39 Å². The molecule has 2 heteroatoms. The molecule has 0 fully saturated rings. The molecule has 0 aliphatic heterocycles. The lowest BCUT2D eigenvalue weighted by atomic mass is 10.0. The van der Waals surface area contributed by atoms with Gasteiger partial charge in [-0.1, -0.05) is 48.9 Å². The molecule has 0 bridgehead atoms. The van der Waals surface area contributed by atoms with Crippen molar-refractivity contribution in [2.24, 2.45) is 0 Å². The van der Waals surface area contributed by atoms with E-state index in [0.29, 0.717) is 11.6 Å². The Hall–Kier alpha value is -1.67. The van der Waals surface area contributed by atoms with Gasteiger partial charge in [-0.15, -0.1) is 0 Å². The lowest BCUT2D eigenvalue weighted by Crippen LogP contribution is -2.20. The molecular formula is C18H22FN. The van der Waals surface area contributed by atoms with E-state index in [1.807, 2.05) is 12.1 Å². The Labute approximate surface area is 120 Å². The third kappa shape index (κ3) is 3.67. The van der Waals surface area contributed by atoms with Crippen molar-refractivity contribution in [3.63, 3.8) is 0 Å². The first-order valence-electron chi connectivity index (χ1n) is 7.15. The fraction of sp³-hybridized carbons (Fsp3) is 0.333. The van der Waals surface area contributed by atoms with Gasteiger partial charge in [0.25, 0.3) is 0 Å². The Balaban J connectivity index is 2.03. The molecule has 1 N–H and O–H groups in total. The highest BCUT2D eigenvalue weighted by Crippen LogP contribution is 2.18. The summed E-state index contributed by atoms with van der Waals surface area (Å²) in [5.41, 5.74) is 4.40.